The van der Waals surface area contributed by atoms with Crippen molar-refractivity contribution in [3.05, 3.63) is 136 Å². The lowest BCUT2D eigenvalue weighted by atomic mass is 10.1. The van der Waals surface area contributed by atoms with Gasteiger partial charge in [0, 0.05) is 15.4 Å². The summed E-state index contributed by atoms with van der Waals surface area (Å²) in [5.41, 5.74) is 3.39. The summed E-state index contributed by atoms with van der Waals surface area (Å²) >= 11 is 3.36. The summed E-state index contributed by atoms with van der Waals surface area (Å²) in [6.45, 7) is 2.15. The number of carbonyl (C=O) groups is 2. The molecule has 0 aliphatic rings. The molecule has 0 unspecified atom stereocenters. The smallest absolute Gasteiger partial charge is 0.347 e. The van der Waals surface area contributed by atoms with E-state index < -0.39 is 5.97 Å². The van der Waals surface area contributed by atoms with Crippen LogP contribution in [0.5, 0.6) is 11.5 Å². The summed E-state index contributed by atoms with van der Waals surface area (Å²) in [5.74, 6) is 0.871. The largest absolute Gasteiger partial charge is 0.489 e. The van der Waals surface area contributed by atoms with Crippen LogP contribution in [0, 0.1) is 6.92 Å². The van der Waals surface area contributed by atoms with Gasteiger partial charge in [0.15, 0.2) is 5.78 Å². The van der Waals surface area contributed by atoms with E-state index in [-0.39, 0.29) is 5.78 Å². The van der Waals surface area contributed by atoms with E-state index in [0.717, 1.165) is 15.6 Å². The van der Waals surface area contributed by atoms with Crippen LogP contribution in [-0.4, -0.2) is 11.8 Å². The molecule has 5 aromatic rings. The molecule has 1 heterocycles. The minimum absolute atomic E-state index is 0.0950. The van der Waals surface area contributed by atoms with Crippen LogP contribution in [0.25, 0.3) is 17.0 Å². The summed E-state index contributed by atoms with van der Waals surface area (Å²) in [6, 6.07) is 29.4. The van der Waals surface area contributed by atoms with E-state index in [4.69, 9.17) is 13.9 Å². The minimum atomic E-state index is -0.518. The van der Waals surface area contributed by atoms with Crippen LogP contribution < -0.4 is 9.47 Å². The fourth-order valence-corrected chi connectivity index (χ4v) is 4.24. The molecule has 0 aliphatic carbocycles. The van der Waals surface area contributed by atoms with Gasteiger partial charge in [0.1, 0.15) is 35.0 Å². The van der Waals surface area contributed by atoms with Crippen molar-refractivity contribution in [3.8, 4) is 11.5 Å². The Hall–Kier alpha value is -4.42. The van der Waals surface area contributed by atoms with Gasteiger partial charge in [0.25, 0.3) is 0 Å². The summed E-state index contributed by atoms with van der Waals surface area (Å²) < 4.78 is 18.3. The van der Waals surface area contributed by atoms with Gasteiger partial charge in [0.05, 0.1) is 0 Å². The summed E-state index contributed by atoms with van der Waals surface area (Å²) in [7, 11) is 0. The number of ether oxygens (including phenoxy) is 2. The molecule has 0 amide bonds. The molecule has 0 saturated carbocycles. The van der Waals surface area contributed by atoms with Crippen LogP contribution in [0.15, 0.2) is 112 Å². The number of fused-ring (bicyclic) bond motifs is 1. The number of hydrogen-bond acceptors (Lipinski definition) is 5. The molecule has 5 rings (SSSR count). The Balaban J connectivity index is 1.27. The van der Waals surface area contributed by atoms with E-state index >= 15 is 0 Å². The van der Waals surface area contributed by atoms with Gasteiger partial charge in [-0.15, -0.1) is 0 Å². The van der Waals surface area contributed by atoms with Gasteiger partial charge < -0.3 is 13.9 Å². The molecule has 0 radical (unpaired) electrons. The topological polar surface area (TPSA) is 65.7 Å². The van der Waals surface area contributed by atoms with E-state index in [1.165, 1.54) is 6.08 Å². The summed E-state index contributed by atoms with van der Waals surface area (Å²) in [4.78, 5) is 25.5. The zero-order valence-corrected chi connectivity index (χ0v) is 22.1. The van der Waals surface area contributed by atoms with Crippen molar-refractivity contribution in [1.82, 2.24) is 0 Å². The molecule has 1 aromatic heterocycles. The van der Waals surface area contributed by atoms with Gasteiger partial charge in [-0.05, 0) is 78.7 Å². The van der Waals surface area contributed by atoms with Crippen molar-refractivity contribution in [2.75, 3.05) is 0 Å². The molecule has 0 spiro atoms. The van der Waals surface area contributed by atoms with Crippen molar-refractivity contribution in [3.63, 3.8) is 0 Å². The lowest BCUT2D eigenvalue weighted by molar-refractivity contribution is 0.0734. The highest BCUT2D eigenvalue weighted by atomic mass is 79.9. The maximum atomic E-state index is 13.1. The first kappa shape index (κ1) is 25.2. The van der Waals surface area contributed by atoms with Crippen molar-refractivity contribution in [2.45, 2.75) is 13.5 Å². The Labute approximate surface area is 228 Å². The fourth-order valence-electron chi connectivity index (χ4n) is 3.97. The molecule has 188 valence electrons. The number of aryl methyl sites for hydroxylation is 1. The minimum Gasteiger partial charge on any atom is -0.489 e. The number of ketones is 1. The first-order valence-corrected chi connectivity index (χ1v) is 12.8. The number of hydrogen-bond donors (Lipinski definition) is 0. The second kappa shape index (κ2) is 11.3. The fraction of sp³-hybridized carbons (Fsp3) is 0.0625. The van der Waals surface area contributed by atoms with Gasteiger partial charge in [-0.25, -0.2) is 4.79 Å². The van der Waals surface area contributed by atoms with Crippen LogP contribution in [0.2, 0.25) is 0 Å². The van der Waals surface area contributed by atoms with Crippen molar-refractivity contribution >= 4 is 44.7 Å². The highest BCUT2D eigenvalue weighted by Crippen LogP contribution is 2.30. The SMILES string of the molecule is Cc1oc2ccc(OCc3ccccc3)cc2c1C(=O)Oc1ccc(C=CC(=O)c2ccc(Br)cc2)cc1. The third kappa shape index (κ3) is 5.93. The average molecular weight is 567 g/mol. The Morgan fingerprint density at radius 2 is 1.58 bits per heavy atom. The van der Waals surface area contributed by atoms with Crippen LogP contribution in [0.3, 0.4) is 0 Å². The molecule has 0 saturated heterocycles. The van der Waals surface area contributed by atoms with E-state index in [0.29, 0.717) is 46.0 Å². The highest BCUT2D eigenvalue weighted by molar-refractivity contribution is 9.10. The van der Waals surface area contributed by atoms with Gasteiger partial charge in [-0.3, -0.25) is 4.79 Å². The maximum Gasteiger partial charge on any atom is 0.347 e. The van der Waals surface area contributed by atoms with Gasteiger partial charge in [0.2, 0.25) is 0 Å². The molecule has 4 aromatic carbocycles. The molecule has 38 heavy (non-hydrogen) atoms. The van der Waals surface area contributed by atoms with Gasteiger partial charge in [-0.1, -0.05) is 64.5 Å². The van der Waals surface area contributed by atoms with Crippen molar-refractivity contribution in [1.29, 1.82) is 0 Å². The lowest BCUT2D eigenvalue weighted by Gasteiger charge is -2.07. The molecule has 0 N–H and O–H groups in total. The highest BCUT2D eigenvalue weighted by Gasteiger charge is 2.21. The predicted molar refractivity (Wildman–Crippen MR) is 151 cm³/mol. The molecular formula is C32H23BrO5. The van der Waals surface area contributed by atoms with Gasteiger partial charge >= 0.3 is 5.97 Å². The molecule has 6 heteroatoms. The maximum absolute atomic E-state index is 13.1. The first-order chi connectivity index (χ1) is 18.5. The Morgan fingerprint density at radius 3 is 2.32 bits per heavy atom. The second-order valence-electron chi connectivity index (χ2n) is 8.63. The van der Waals surface area contributed by atoms with E-state index in [2.05, 4.69) is 15.9 Å². The third-order valence-corrected chi connectivity index (χ3v) is 6.46. The Morgan fingerprint density at radius 1 is 0.868 bits per heavy atom. The first-order valence-electron chi connectivity index (χ1n) is 12.0. The number of halogens is 1. The zero-order valence-electron chi connectivity index (χ0n) is 20.5. The summed E-state index contributed by atoms with van der Waals surface area (Å²) in [6.07, 6.45) is 3.24. The number of allylic oxidation sites excluding steroid dienone is 1. The molecule has 0 aliphatic heterocycles. The van der Waals surface area contributed by atoms with Gasteiger partial charge in [-0.2, -0.15) is 0 Å². The quantitative estimate of drug-likeness (QED) is 0.0819. The van der Waals surface area contributed by atoms with E-state index in [1.54, 1.807) is 61.5 Å². The number of esters is 1. The molecule has 0 fully saturated rings. The number of rotatable bonds is 8. The standard InChI is InChI=1S/C32H23BrO5/c1-21-31(28-19-27(16-18-30(28)37-21)36-20-23-5-3-2-4-6-23)32(35)38-26-14-7-22(8-15-26)9-17-29(34)24-10-12-25(33)13-11-24/h2-19H,20H2,1H3. The molecule has 0 atom stereocenters. The monoisotopic (exact) mass is 566 g/mol. The molecule has 5 nitrogen and oxygen atoms in total. The van der Waals surface area contributed by atoms with Crippen LogP contribution >= 0.6 is 15.9 Å². The number of furan rings is 1. The van der Waals surface area contributed by atoms with Crippen molar-refractivity contribution in [2.24, 2.45) is 0 Å². The molecular weight excluding hydrogens is 544 g/mol. The molecule has 0 bridgehead atoms. The Bertz CT molecular complexity index is 1620. The Kier molecular flexibility index (Phi) is 7.52. The van der Waals surface area contributed by atoms with Crippen LogP contribution in [0.4, 0.5) is 0 Å². The van der Waals surface area contributed by atoms with Crippen molar-refractivity contribution < 1.29 is 23.5 Å². The van der Waals surface area contributed by atoms with E-state index in [9.17, 15) is 9.59 Å². The predicted octanol–water partition coefficient (Wildman–Crippen LogP) is 8.20. The number of benzene rings is 4. The lowest BCUT2D eigenvalue weighted by Crippen LogP contribution is -2.09. The second-order valence-corrected chi connectivity index (χ2v) is 9.54. The summed E-state index contributed by atoms with van der Waals surface area (Å²) in [5, 5.41) is 0.629. The van der Waals surface area contributed by atoms with Crippen LogP contribution in [0.1, 0.15) is 37.6 Å². The zero-order chi connectivity index (χ0) is 26.5. The normalized spacial score (nSPS) is 11.1. The van der Waals surface area contributed by atoms with Crippen LogP contribution in [-0.2, 0) is 6.61 Å². The average Bonchev–Trinajstić information content (AvgIpc) is 3.27. The number of carbonyl (C=O) groups excluding carboxylic acids is 2. The third-order valence-electron chi connectivity index (χ3n) is 5.93. The van der Waals surface area contributed by atoms with E-state index in [1.807, 2.05) is 48.5 Å².